The Labute approximate surface area is 115 Å². The summed E-state index contributed by atoms with van der Waals surface area (Å²) in [5.74, 6) is 0. The number of rotatable bonds is 4. The number of aromatic nitrogens is 2. The smallest absolute Gasteiger partial charge is 0.292 e. The van der Waals surface area contributed by atoms with Crippen LogP contribution in [-0.2, 0) is 0 Å². The van der Waals surface area contributed by atoms with Crippen LogP contribution in [0.1, 0.15) is 6.92 Å². The summed E-state index contributed by atoms with van der Waals surface area (Å²) in [6, 6.07) is 9.03. The van der Waals surface area contributed by atoms with Gasteiger partial charge in [-0.3, -0.25) is 4.79 Å². The summed E-state index contributed by atoms with van der Waals surface area (Å²) in [7, 11) is 0. The standard InChI is InChI=1S/C13H14ClN3O2/c1-9(18)7-15-11-8-16-17(13(19)12(11)14)10-5-3-2-4-6-10/h2-6,8-9,15,18H,7H2,1H3/t9-/m1/s1. The molecule has 1 heterocycles. The first-order valence-corrected chi connectivity index (χ1v) is 6.22. The summed E-state index contributed by atoms with van der Waals surface area (Å²) in [4.78, 5) is 12.1. The van der Waals surface area contributed by atoms with Crippen molar-refractivity contribution in [3.05, 3.63) is 51.9 Å². The molecule has 1 atom stereocenters. The predicted octanol–water partition coefficient (Wildman–Crippen LogP) is 1.68. The number of para-hydroxylation sites is 1. The van der Waals surface area contributed by atoms with Crippen LogP contribution in [0, 0.1) is 0 Å². The van der Waals surface area contributed by atoms with E-state index in [2.05, 4.69) is 10.4 Å². The van der Waals surface area contributed by atoms with Crippen molar-refractivity contribution in [2.75, 3.05) is 11.9 Å². The van der Waals surface area contributed by atoms with Gasteiger partial charge in [-0.05, 0) is 19.1 Å². The summed E-state index contributed by atoms with van der Waals surface area (Å²) in [5.41, 5.74) is 0.666. The third-order valence-electron chi connectivity index (χ3n) is 2.51. The highest BCUT2D eigenvalue weighted by molar-refractivity contribution is 6.32. The summed E-state index contributed by atoms with van der Waals surface area (Å²) in [6.07, 6.45) is 0.937. The second-order valence-corrected chi connectivity index (χ2v) is 4.53. The first kappa shape index (κ1) is 13.6. The van der Waals surface area contributed by atoms with Gasteiger partial charge in [-0.1, -0.05) is 29.8 Å². The van der Waals surface area contributed by atoms with Gasteiger partial charge in [-0.25, -0.2) is 0 Å². The Bertz CT molecular complexity index is 611. The van der Waals surface area contributed by atoms with Gasteiger partial charge in [0.25, 0.3) is 5.56 Å². The van der Waals surface area contributed by atoms with E-state index < -0.39 is 11.7 Å². The molecule has 0 aliphatic heterocycles. The Balaban J connectivity index is 2.36. The van der Waals surface area contributed by atoms with Crippen molar-refractivity contribution in [2.45, 2.75) is 13.0 Å². The van der Waals surface area contributed by atoms with Gasteiger partial charge in [0.2, 0.25) is 0 Å². The average molecular weight is 280 g/mol. The van der Waals surface area contributed by atoms with Gasteiger partial charge >= 0.3 is 0 Å². The normalized spacial score (nSPS) is 12.2. The van der Waals surface area contributed by atoms with Crippen molar-refractivity contribution in [1.82, 2.24) is 9.78 Å². The molecule has 2 aromatic rings. The van der Waals surface area contributed by atoms with Crippen LogP contribution in [-0.4, -0.2) is 27.5 Å². The van der Waals surface area contributed by atoms with Crippen molar-refractivity contribution in [3.8, 4) is 5.69 Å². The third kappa shape index (κ3) is 3.13. The lowest BCUT2D eigenvalue weighted by Crippen LogP contribution is -2.24. The van der Waals surface area contributed by atoms with Crippen molar-refractivity contribution in [3.63, 3.8) is 0 Å². The molecular weight excluding hydrogens is 266 g/mol. The molecule has 0 fully saturated rings. The molecule has 0 saturated carbocycles. The maximum absolute atomic E-state index is 12.1. The minimum absolute atomic E-state index is 0.0551. The maximum Gasteiger partial charge on any atom is 0.292 e. The first-order valence-electron chi connectivity index (χ1n) is 5.85. The lowest BCUT2D eigenvalue weighted by molar-refractivity contribution is 0.208. The second-order valence-electron chi connectivity index (χ2n) is 4.15. The highest BCUT2D eigenvalue weighted by Crippen LogP contribution is 2.16. The summed E-state index contributed by atoms with van der Waals surface area (Å²) in [5, 5.41) is 16.2. The monoisotopic (exact) mass is 279 g/mol. The number of aliphatic hydroxyl groups is 1. The van der Waals surface area contributed by atoms with Gasteiger partial charge in [-0.2, -0.15) is 9.78 Å². The number of halogens is 1. The zero-order valence-corrected chi connectivity index (χ0v) is 11.1. The number of hydrogen-bond acceptors (Lipinski definition) is 4. The average Bonchev–Trinajstić information content (AvgIpc) is 2.41. The molecule has 2 rings (SSSR count). The number of anilines is 1. The zero-order valence-electron chi connectivity index (χ0n) is 10.4. The Hall–Kier alpha value is -1.85. The predicted molar refractivity (Wildman–Crippen MR) is 75.0 cm³/mol. The maximum atomic E-state index is 12.1. The molecule has 1 aromatic carbocycles. The van der Waals surface area contributed by atoms with Crippen LogP contribution in [0.2, 0.25) is 5.02 Å². The molecule has 0 radical (unpaired) electrons. The minimum atomic E-state index is -0.535. The van der Waals surface area contributed by atoms with E-state index >= 15 is 0 Å². The molecule has 0 saturated heterocycles. The van der Waals surface area contributed by atoms with E-state index in [4.69, 9.17) is 11.6 Å². The number of nitrogens with one attached hydrogen (secondary N) is 1. The SMILES string of the molecule is C[C@@H](O)CNc1cnn(-c2ccccc2)c(=O)c1Cl. The lowest BCUT2D eigenvalue weighted by Gasteiger charge is -2.11. The number of nitrogens with zero attached hydrogens (tertiary/aromatic N) is 2. The summed E-state index contributed by atoms with van der Waals surface area (Å²) in [6.45, 7) is 1.94. The quantitative estimate of drug-likeness (QED) is 0.894. The van der Waals surface area contributed by atoms with Gasteiger partial charge in [0.1, 0.15) is 5.02 Å². The Morgan fingerprint density at radius 1 is 1.42 bits per heavy atom. The van der Waals surface area contributed by atoms with E-state index in [1.807, 2.05) is 18.2 Å². The fraction of sp³-hybridized carbons (Fsp3) is 0.231. The summed E-state index contributed by atoms with van der Waals surface area (Å²) < 4.78 is 1.23. The molecule has 0 aliphatic carbocycles. The van der Waals surface area contributed by atoms with Crippen LogP contribution in [0.3, 0.4) is 0 Å². The molecule has 100 valence electrons. The molecule has 5 nitrogen and oxygen atoms in total. The van der Waals surface area contributed by atoms with E-state index in [9.17, 15) is 9.90 Å². The number of hydrogen-bond donors (Lipinski definition) is 2. The molecule has 19 heavy (non-hydrogen) atoms. The fourth-order valence-corrected chi connectivity index (χ4v) is 1.76. The first-order chi connectivity index (χ1) is 9.09. The highest BCUT2D eigenvalue weighted by atomic mass is 35.5. The molecular formula is C13H14ClN3O2. The fourth-order valence-electron chi connectivity index (χ4n) is 1.57. The molecule has 0 aliphatic rings. The van der Waals surface area contributed by atoms with E-state index in [0.29, 0.717) is 17.9 Å². The topological polar surface area (TPSA) is 67.2 Å². The van der Waals surface area contributed by atoms with E-state index in [-0.39, 0.29) is 5.02 Å². The van der Waals surface area contributed by atoms with Crippen LogP contribution >= 0.6 is 11.6 Å². The van der Waals surface area contributed by atoms with E-state index in [1.165, 1.54) is 10.9 Å². The van der Waals surface area contributed by atoms with E-state index in [1.54, 1.807) is 19.1 Å². The minimum Gasteiger partial charge on any atom is -0.392 e. The van der Waals surface area contributed by atoms with E-state index in [0.717, 1.165) is 0 Å². The Morgan fingerprint density at radius 3 is 2.74 bits per heavy atom. The lowest BCUT2D eigenvalue weighted by atomic mass is 10.3. The molecule has 2 N–H and O–H groups in total. The molecule has 0 bridgehead atoms. The largest absolute Gasteiger partial charge is 0.392 e. The van der Waals surface area contributed by atoms with Crippen molar-refractivity contribution in [2.24, 2.45) is 0 Å². The van der Waals surface area contributed by atoms with Gasteiger partial charge in [0.15, 0.2) is 0 Å². The van der Waals surface area contributed by atoms with Crippen molar-refractivity contribution >= 4 is 17.3 Å². The molecule has 0 amide bonds. The molecule has 0 unspecified atom stereocenters. The van der Waals surface area contributed by atoms with Gasteiger partial charge in [0.05, 0.1) is 23.7 Å². The molecule has 0 spiro atoms. The van der Waals surface area contributed by atoms with Crippen LogP contribution in [0.5, 0.6) is 0 Å². The molecule has 1 aromatic heterocycles. The Morgan fingerprint density at radius 2 is 2.11 bits per heavy atom. The Kier molecular flexibility index (Phi) is 4.19. The van der Waals surface area contributed by atoms with Gasteiger partial charge in [-0.15, -0.1) is 0 Å². The van der Waals surface area contributed by atoms with Crippen LogP contribution in [0.25, 0.3) is 5.69 Å². The van der Waals surface area contributed by atoms with Crippen LogP contribution < -0.4 is 10.9 Å². The van der Waals surface area contributed by atoms with Gasteiger partial charge in [0, 0.05) is 6.54 Å². The van der Waals surface area contributed by atoms with Crippen LogP contribution in [0.4, 0.5) is 5.69 Å². The summed E-state index contributed by atoms with van der Waals surface area (Å²) >= 11 is 6.01. The molecule has 6 heteroatoms. The number of aliphatic hydroxyl groups excluding tert-OH is 1. The third-order valence-corrected chi connectivity index (χ3v) is 2.87. The number of benzene rings is 1. The van der Waals surface area contributed by atoms with Gasteiger partial charge < -0.3 is 10.4 Å². The zero-order chi connectivity index (χ0) is 13.8. The van der Waals surface area contributed by atoms with Crippen molar-refractivity contribution in [1.29, 1.82) is 0 Å². The van der Waals surface area contributed by atoms with Crippen LogP contribution in [0.15, 0.2) is 41.3 Å². The second kappa shape index (κ2) is 5.86. The van der Waals surface area contributed by atoms with Crippen molar-refractivity contribution < 1.29 is 5.11 Å². The highest BCUT2D eigenvalue weighted by Gasteiger charge is 2.10.